The van der Waals surface area contributed by atoms with Crippen LogP contribution in [-0.2, 0) is 16.0 Å². The van der Waals surface area contributed by atoms with E-state index in [1.165, 1.54) is 0 Å². The van der Waals surface area contributed by atoms with Gasteiger partial charge in [-0.1, -0.05) is 19.1 Å². The van der Waals surface area contributed by atoms with Crippen LogP contribution in [0.5, 0.6) is 0 Å². The van der Waals surface area contributed by atoms with E-state index in [2.05, 4.69) is 17.5 Å². The summed E-state index contributed by atoms with van der Waals surface area (Å²) in [6.07, 6.45) is 7.79. The second kappa shape index (κ2) is 7.29. The molecule has 0 radical (unpaired) electrons. The number of nitrogens with one attached hydrogen (secondary N) is 1. The normalized spacial score (nSPS) is 19.8. The first-order valence-corrected chi connectivity index (χ1v) is 7.27. The number of carbonyl (C=O) groups is 1. The van der Waals surface area contributed by atoms with Crippen LogP contribution in [0.2, 0.25) is 0 Å². The first-order valence-electron chi connectivity index (χ1n) is 7.27. The molecule has 2 unspecified atom stereocenters. The zero-order valence-corrected chi connectivity index (χ0v) is 12.2. The summed E-state index contributed by atoms with van der Waals surface area (Å²) in [4.78, 5) is 12.3. The lowest BCUT2D eigenvalue weighted by Gasteiger charge is -2.21. The van der Waals surface area contributed by atoms with E-state index < -0.39 is 0 Å². The summed E-state index contributed by atoms with van der Waals surface area (Å²) in [6, 6.07) is 3.66. The van der Waals surface area contributed by atoms with E-state index in [1.54, 1.807) is 7.11 Å². The maximum Gasteiger partial charge on any atom is 0.224 e. The predicted octanol–water partition coefficient (Wildman–Crippen LogP) is 3.00. The van der Waals surface area contributed by atoms with Gasteiger partial charge in [-0.25, -0.2) is 0 Å². The van der Waals surface area contributed by atoms with Gasteiger partial charge in [0, 0.05) is 19.4 Å². The topological polar surface area (TPSA) is 51.5 Å². The van der Waals surface area contributed by atoms with Crippen molar-refractivity contribution in [2.24, 2.45) is 5.92 Å². The monoisotopic (exact) mass is 277 g/mol. The van der Waals surface area contributed by atoms with Gasteiger partial charge in [0.2, 0.25) is 5.91 Å². The smallest absolute Gasteiger partial charge is 0.224 e. The molecule has 0 saturated heterocycles. The first kappa shape index (κ1) is 14.9. The Morgan fingerprint density at radius 1 is 1.50 bits per heavy atom. The minimum Gasteiger partial charge on any atom is -0.464 e. The fraction of sp³-hybridized carbons (Fsp3) is 0.562. The van der Waals surface area contributed by atoms with Gasteiger partial charge in [0.15, 0.2) is 0 Å². The van der Waals surface area contributed by atoms with Gasteiger partial charge in [-0.05, 0) is 31.4 Å². The molecule has 1 amide bonds. The molecule has 20 heavy (non-hydrogen) atoms. The van der Waals surface area contributed by atoms with Crippen molar-refractivity contribution in [1.82, 2.24) is 5.32 Å². The van der Waals surface area contributed by atoms with E-state index in [0.717, 1.165) is 37.2 Å². The second-order valence-corrected chi connectivity index (χ2v) is 5.16. The van der Waals surface area contributed by atoms with Crippen molar-refractivity contribution >= 4 is 5.91 Å². The molecule has 1 aliphatic rings. The Morgan fingerprint density at radius 3 is 2.95 bits per heavy atom. The molecule has 1 N–H and O–H groups in total. The Balaban J connectivity index is 2.01. The number of aryl methyl sites for hydroxylation is 1. The zero-order chi connectivity index (χ0) is 14.4. The van der Waals surface area contributed by atoms with E-state index in [1.807, 2.05) is 19.1 Å². The lowest BCUT2D eigenvalue weighted by Crippen LogP contribution is -2.36. The Morgan fingerprint density at radius 2 is 2.35 bits per heavy atom. The summed E-state index contributed by atoms with van der Waals surface area (Å²) < 4.78 is 10.9. The molecule has 0 aliphatic heterocycles. The molecule has 0 bridgehead atoms. The van der Waals surface area contributed by atoms with Crippen molar-refractivity contribution in [3.05, 3.63) is 35.8 Å². The molecule has 1 aliphatic carbocycles. The zero-order valence-electron chi connectivity index (χ0n) is 12.2. The third-order valence-corrected chi connectivity index (χ3v) is 3.66. The van der Waals surface area contributed by atoms with E-state index in [0.29, 0.717) is 6.61 Å². The summed E-state index contributed by atoms with van der Waals surface area (Å²) in [6.45, 7) is 2.46. The second-order valence-electron chi connectivity index (χ2n) is 5.16. The van der Waals surface area contributed by atoms with Gasteiger partial charge in [0.25, 0.3) is 0 Å². The Kier molecular flexibility index (Phi) is 5.41. The van der Waals surface area contributed by atoms with Crippen molar-refractivity contribution in [3.8, 4) is 0 Å². The number of rotatable bonds is 6. The summed E-state index contributed by atoms with van der Waals surface area (Å²) in [5.74, 6) is 1.85. The fourth-order valence-electron chi connectivity index (χ4n) is 2.45. The average Bonchev–Trinajstić information content (AvgIpc) is 2.96. The maximum atomic E-state index is 12.3. The summed E-state index contributed by atoms with van der Waals surface area (Å²) >= 11 is 0. The molecule has 4 heteroatoms. The van der Waals surface area contributed by atoms with Crippen molar-refractivity contribution in [1.29, 1.82) is 0 Å². The van der Waals surface area contributed by atoms with Gasteiger partial charge < -0.3 is 14.5 Å². The van der Waals surface area contributed by atoms with Crippen molar-refractivity contribution < 1.29 is 13.9 Å². The van der Waals surface area contributed by atoms with Crippen LogP contribution in [0.3, 0.4) is 0 Å². The highest BCUT2D eigenvalue weighted by Crippen LogP contribution is 2.22. The van der Waals surface area contributed by atoms with Crippen LogP contribution in [0, 0.1) is 5.92 Å². The molecular formula is C16H23NO3. The number of ether oxygens (including phenoxy) is 1. The number of hydrogen-bond acceptors (Lipinski definition) is 3. The van der Waals surface area contributed by atoms with E-state index >= 15 is 0 Å². The molecule has 4 nitrogen and oxygen atoms in total. The third kappa shape index (κ3) is 3.73. The van der Waals surface area contributed by atoms with E-state index in [-0.39, 0.29) is 17.9 Å². The lowest BCUT2D eigenvalue weighted by molar-refractivity contribution is -0.126. The summed E-state index contributed by atoms with van der Waals surface area (Å²) in [5, 5.41) is 3.05. The first-order chi connectivity index (χ1) is 9.74. The van der Waals surface area contributed by atoms with Crippen LogP contribution in [0.25, 0.3) is 0 Å². The third-order valence-electron chi connectivity index (χ3n) is 3.66. The molecule has 0 fully saturated rings. The fourth-order valence-corrected chi connectivity index (χ4v) is 2.45. The summed E-state index contributed by atoms with van der Waals surface area (Å²) in [7, 11) is 1.63. The van der Waals surface area contributed by atoms with Crippen LogP contribution >= 0.6 is 0 Å². The number of amides is 1. The molecule has 1 heterocycles. The highest BCUT2D eigenvalue weighted by Gasteiger charge is 2.24. The van der Waals surface area contributed by atoms with Crippen LogP contribution < -0.4 is 5.32 Å². The average molecular weight is 277 g/mol. The van der Waals surface area contributed by atoms with Gasteiger partial charge >= 0.3 is 0 Å². The van der Waals surface area contributed by atoms with E-state index in [9.17, 15) is 4.79 Å². The van der Waals surface area contributed by atoms with Crippen LogP contribution in [0.1, 0.15) is 43.7 Å². The quantitative estimate of drug-likeness (QED) is 0.813. The van der Waals surface area contributed by atoms with Crippen molar-refractivity contribution in [2.45, 2.75) is 38.6 Å². The molecule has 110 valence electrons. The standard InChI is InChI=1S/C16H23NO3/c1-3-13-9-10-15(20-13)14(11-19-2)17-16(18)12-7-5-4-6-8-12/h4-5,9-10,12,14H,3,6-8,11H2,1-2H3,(H,17,18). The highest BCUT2D eigenvalue weighted by molar-refractivity contribution is 5.79. The Labute approximate surface area is 120 Å². The molecule has 0 saturated carbocycles. The summed E-state index contributed by atoms with van der Waals surface area (Å²) in [5.41, 5.74) is 0. The highest BCUT2D eigenvalue weighted by atomic mass is 16.5. The van der Waals surface area contributed by atoms with Crippen LogP contribution in [0.4, 0.5) is 0 Å². The number of methoxy groups -OCH3 is 1. The number of allylic oxidation sites excluding steroid dienone is 2. The van der Waals surface area contributed by atoms with Gasteiger partial charge in [-0.3, -0.25) is 4.79 Å². The molecule has 0 spiro atoms. The van der Waals surface area contributed by atoms with Gasteiger partial charge in [-0.15, -0.1) is 0 Å². The Bertz CT molecular complexity index is 464. The predicted molar refractivity (Wildman–Crippen MR) is 77.3 cm³/mol. The van der Waals surface area contributed by atoms with Crippen molar-refractivity contribution in [2.75, 3.05) is 13.7 Å². The van der Waals surface area contributed by atoms with Crippen molar-refractivity contribution in [3.63, 3.8) is 0 Å². The number of furan rings is 1. The number of carbonyl (C=O) groups excluding carboxylic acids is 1. The van der Waals surface area contributed by atoms with Gasteiger partial charge in [-0.2, -0.15) is 0 Å². The lowest BCUT2D eigenvalue weighted by atomic mass is 9.93. The van der Waals surface area contributed by atoms with Crippen LogP contribution in [-0.4, -0.2) is 19.6 Å². The SMILES string of the molecule is CCc1ccc(C(COC)NC(=O)C2CC=CCC2)o1. The number of hydrogen-bond donors (Lipinski definition) is 1. The minimum absolute atomic E-state index is 0.0694. The Hall–Kier alpha value is -1.55. The molecule has 2 atom stereocenters. The minimum atomic E-state index is -0.210. The maximum absolute atomic E-state index is 12.3. The largest absolute Gasteiger partial charge is 0.464 e. The molecule has 1 aromatic heterocycles. The van der Waals surface area contributed by atoms with Gasteiger partial charge in [0.1, 0.15) is 17.6 Å². The van der Waals surface area contributed by atoms with Gasteiger partial charge in [0.05, 0.1) is 6.61 Å². The molecule has 1 aromatic rings. The van der Waals surface area contributed by atoms with Crippen LogP contribution in [0.15, 0.2) is 28.7 Å². The van der Waals surface area contributed by atoms with E-state index in [4.69, 9.17) is 9.15 Å². The molecule has 2 rings (SSSR count). The molecule has 0 aromatic carbocycles. The molecular weight excluding hydrogens is 254 g/mol.